The molecule has 0 atom stereocenters. The largest absolute Gasteiger partial charge is 0.417 e. The Morgan fingerprint density at radius 2 is 1.61 bits per heavy atom. The van der Waals surface area contributed by atoms with E-state index < -0.39 is 11.7 Å². The van der Waals surface area contributed by atoms with Crippen LogP contribution in [-0.4, -0.2) is 0 Å². The highest BCUT2D eigenvalue weighted by Gasteiger charge is 2.32. The molecule has 0 bridgehead atoms. The van der Waals surface area contributed by atoms with Crippen molar-refractivity contribution in [1.29, 1.82) is 0 Å². The van der Waals surface area contributed by atoms with E-state index in [2.05, 4.69) is 6.92 Å². The normalized spacial score (nSPS) is 12.0. The summed E-state index contributed by atoms with van der Waals surface area (Å²) in [7, 11) is 0. The summed E-state index contributed by atoms with van der Waals surface area (Å²) in [5.41, 5.74) is 0.457. The highest BCUT2D eigenvalue weighted by molar-refractivity contribution is 5.89. The van der Waals surface area contributed by atoms with Gasteiger partial charge in [-0.15, -0.1) is 0 Å². The first-order valence-corrected chi connectivity index (χ1v) is 6.12. The highest BCUT2D eigenvalue weighted by atomic mass is 19.4. The fourth-order valence-corrected chi connectivity index (χ4v) is 2.21. The Bertz CT molecular complexity index is 541. The van der Waals surface area contributed by atoms with Crippen molar-refractivity contribution in [3.63, 3.8) is 0 Å². The lowest BCUT2D eigenvalue weighted by atomic mass is 9.97. The van der Waals surface area contributed by atoms with Crippen LogP contribution in [0.2, 0.25) is 0 Å². The van der Waals surface area contributed by atoms with Gasteiger partial charge in [-0.25, -0.2) is 0 Å². The Labute approximate surface area is 104 Å². The maximum absolute atomic E-state index is 12.9. The Kier molecular flexibility index (Phi) is 3.60. The summed E-state index contributed by atoms with van der Waals surface area (Å²) in [6, 6.07) is 9.58. The van der Waals surface area contributed by atoms with E-state index in [1.165, 1.54) is 6.07 Å². The molecule has 18 heavy (non-hydrogen) atoms. The lowest BCUT2D eigenvalue weighted by molar-refractivity contribution is -0.136. The highest BCUT2D eigenvalue weighted by Crippen LogP contribution is 2.35. The fourth-order valence-electron chi connectivity index (χ4n) is 2.21. The molecule has 0 radical (unpaired) electrons. The number of aryl methyl sites for hydroxylation is 1. The number of unbranched alkanes of at least 4 members (excludes halogenated alkanes) is 1. The van der Waals surface area contributed by atoms with Crippen LogP contribution in [0.1, 0.15) is 30.9 Å². The van der Waals surface area contributed by atoms with Crippen molar-refractivity contribution in [2.24, 2.45) is 0 Å². The molecule has 0 unspecified atom stereocenters. The average Bonchev–Trinajstić information content (AvgIpc) is 2.34. The molecule has 0 aliphatic heterocycles. The molecule has 0 amide bonds. The van der Waals surface area contributed by atoms with E-state index in [-0.39, 0.29) is 0 Å². The van der Waals surface area contributed by atoms with E-state index in [1.54, 1.807) is 18.2 Å². The first-order chi connectivity index (χ1) is 8.54. The van der Waals surface area contributed by atoms with Crippen LogP contribution in [0.5, 0.6) is 0 Å². The fraction of sp³-hybridized carbons (Fsp3) is 0.333. The SMILES string of the molecule is CCCCc1cccc2c(C(F)(F)F)cccc12. The molecule has 96 valence electrons. The van der Waals surface area contributed by atoms with Crippen LogP contribution in [-0.2, 0) is 12.6 Å². The van der Waals surface area contributed by atoms with Gasteiger partial charge in [0.2, 0.25) is 0 Å². The maximum atomic E-state index is 12.9. The number of alkyl halides is 3. The Balaban J connectivity index is 2.58. The van der Waals surface area contributed by atoms with Gasteiger partial charge >= 0.3 is 6.18 Å². The molecular formula is C15H15F3. The van der Waals surface area contributed by atoms with E-state index in [1.807, 2.05) is 6.07 Å². The van der Waals surface area contributed by atoms with Crippen LogP contribution in [0.4, 0.5) is 13.2 Å². The quantitative estimate of drug-likeness (QED) is 0.704. The molecule has 0 nitrogen and oxygen atoms in total. The number of hydrogen-bond acceptors (Lipinski definition) is 0. The number of hydrogen-bond donors (Lipinski definition) is 0. The van der Waals surface area contributed by atoms with Crippen molar-refractivity contribution in [1.82, 2.24) is 0 Å². The summed E-state index contributed by atoms with van der Waals surface area (Å²) in [6.45, 7) is 2.08. The molecule has 0 spiro atoms. The lowest BCUT2D eigenvalue weighted by Gasteiger charge is -2.12. The predicted molar refractivity (Wildman–Crippen MR) is 67.6 cm³/mol. The third-order valence-corrected chi connectivity index (χ3v) is 3.12. The van der Waals surface area contributed by atoms with Crippen molar-refractivity contribution < 1.29 is 13.2 Å². The van der Waals surface area contributed by atoms with Crippen molar-refractivity contribution in [2.45, 2.75) is 32.4 Å². The topological polar surface area (TPSA) is 0 Å². The van der Waals surface area contributed by atoms with Crippen LogP contribution < -0.4 is 0 Å². The molecule has 2 rings (SSSR count). The van der Waals surface area contributed by atoms with Gasteiger partial charge in [0.15, 0.2) is 0 Å². The van der Waals surface area contributed by atoms with Gasteiger partial charge in [-0.3, -0.25) is 0 Å². The third-order valence-electron chi connectivity index (χ3n) is 3.12. The average molecular weight is 252 g/mol. The maximum Gasteiger partial charge on any atom is 0.417 e. The van der Waals surface area contributed by atoms with E-state index in [0.717, 1.165) is 36.3 Å². The summed E-state index contributed by atoms with van der Waals surface area (Å²) >= 11 is 0. The predicted octanol–water partition coefficient (Wildman–Crippen LogP) is 5.20. The molecule has 0 aromatic heterocycles. The van der Waals surface area contributed by atoms with Crippen LogP contribution in [0.3, 0.4) is 0 Å². The van der Waals surface area contributed by atoms with Crippen LogP contribution >= 0.6 is 0 Å². The molecule has 2 aromatic rings. The third kappa shape index (κ3) is 2.50. The van der Waals surface area contributed by atoms with Gasteiger partial charge in [-0.1, -0.05) is 43.7 Å². The van der Waals surface area contributed by atoms with Gasteiger partial charge in [0, 0.05) is 0 Å². The molecule has 0 aliphatic carbocycles. The van der Waals surface area contributed by atoms with Crippen LogP contribution in [0, 0.1) is 0 Å². The molecular weight excluding hydrogens is 237 g/mol. The van der Waals surface area contributed by atoms with E-state index in [4.69, 9.17) is 0 Å². The van der Waals surface area contributed by atoms with E-state index >= 15 is 0 Å². The van der Waals surface area contributed by atoms with E-state index in [9.17, 15) is 13.2 Å². The lowest BCUT2D eigenvalue weighted by Crippen LogP contribution is -2.05. The zero-order valence-corrected chi connectivity index (χ0v) is 10.2. The minimum absolute atomic E-state index is 0.304. The molecule has 3 heteroatoms. The summed E-state index contributed by atoms with van der Waals surface area (Å²) in [6.07, 6.45) is -1.43. The second-order valence-corrected chi connectivity index (χ2v) is 4.42. The molecule has 2 aromatic carbocycles. The van der Waals surface area contributed by atoms with Gasteiger partial charge in [0.25, 0.3) is 0 Å². The van der Waals surface area contributed by atoms with Gasteiger partial charge in [-0.05, 0) is 35.2 Å². The summed E-state index contributed by atoms with van der Waals surface area (Å²) in [5.74, 6) is 0. The van der Waals surface area contributed by atoms with Crippen molar-refractivity contribution in [3.8, 4) is 0 Å². The zero-order chi connectivity index (χ0) is 13.2. The minimum atomic E-state index is -4.29. The number of benzene rings is 2. The smallest absolute Gasteiger partial charge is 0.166 e. The Morgan fingerprint density at radius 1 is 0.944 bits per heavy atom. The standard InChI is InChI=1S/C15H15F3/c1-2-3-6-11-7-4-9-13-12(11)8-5-10-14(13)15(16,17)18/h4-5,7-10H,2-3,6H2,1H3. The van der Waals surface area contributed by atoms with Gasteiger partial charge in [0.1, 0.15) is 0 Å². The van der Waals surface area contributed by atoms with Crippen LogP contribution in [0.25, 0.3) is 10.8 Å². The number of rotatable bonds is 3. The van der Waals surface area contributed by atoms with Gasteiger partial charge in [-0.2, -0.15) is 13.2 Å². The molecule has 0 heterocycles. The number of fused-ring (bicyclic) bond motifs is 1. The second kappa shape index (κ2) is 5.01. The molecule has 0 N–H and O–H groups in total. The minimum Gasteiger partial charge on any atom is -0.166 e. The summed E-state index contributed by atoms with van der Waals surface area (Å²) in [4.78, 5) is 0. The van der Waals surface area contributed by atoms with E-state index in [0.29, 0.717) is 5.39 Å². The molecule has 0 aliphatic rings. The first-order valence-electron chi connectivity index (χ1n) is 6.12. The van der Waals surface area contributed by atoms with Gasteiger partial charge in [0.05, 0.1) is 5.56 Å². The molecule has 0 saturated heterocycles. The van der Waals surface area contributed by atoms with Crippen molar-refractivity contribution in [2.75, 3.05) is 0 Å². The van der Waals surface area contributed by atoms with Crippen LogP contribution in [0.15, 0.2) is 36.4 Å². The van der Waals surface area contributed by atoms with Crippen molar-refractivity contribution in [3.05, 3.63) is 47.5 Å². The molecule has 0 fully saturated rings. The monoisotopic (exact) mass is 252 g/mol. The summed E-state index contributed by atoms with van der Waals surface area (Å²) < 4.78 is 38.7. The zero-order valence-electron chi connectivity index (χ0n) is 10.2. The van der Waals surface area contributed by atoms with Crippen molar-refractivity contribution >= 4 is 10.8 Å². The Morgan fingerprint density at radius 3 is 2.28 bits per heavy atom. The second-order valence-electron chi connectivity index (χ2n) is 4.42. The summed E-state index contributed by atoms with van der Waals surface area (Å²) in [5, 5.41) is 1.03. The molecule has 0 saturated carbocycles. The Hall–Kier alpha value is -1.51. The first kappa shape index (κ1) is 12.9. The van der Waals surface area contributed by atoms with Gasteiger partial charge < -0.3 is 0 Å². The number of halogens is 3.